The van der Waals surface area contributed by atoms with Crippen molar-refractivity contribution in [3.63, 3.8) is 0 Å². The molecule has 0 saturated carbocycles. The summed E-state index contributed by atoms with van der Waals surface area (Å²) in [6.07, 6.45) is 0. The molecular weight excluding hydrogens is 399 g/mol. The Morgan fingerprint density at radius 1 is 1.18 bits per heavy atom. The van der Waals surface area contributed by atoms with Gasteiger partial charge in [-0.3, -0.25) is 0 Å². The minimum absolute atomic E-state index is 0.135. The van der Waals surface area contributed by atoms with E-state index in [1.54, 1.807) is 0 Å². The lowest BCUT2D eigenvalue weighted by Gasteiger charge is -2.13. The molecule has 96 valence electrons. The van der Waals surface area contributed by atoms with E-state index >= 15 is 0 Å². The van der Waals surface area contributed by atoms with Crippen LogP contribution in [-0.4, -0.2) is 12.1 Å². The topological polar surface area (TPSA) is 9.23 Å². The SMILES string of the molecule is FC(F)Oc1c(Br)ccc(SC(F)(F)F)c1Br. The molecule has 0 unspecified atom stereocenters. The summed E-state index contributed by atoms with van der Waals surface area (Å²) in [5, 5.41) is 0. The number of hydrogen-bond donors (Lipinski definition) is 0. The van der Waals surface area contributed by atoms with Crippen molar-refractivity contribution in [2.75, 3.05) is 0 Å². The van der Waals surface area contributed by atoms with E-state index in [1.807, 2.05) is 0 Å². The van der Waals surface area contributed by atoms with E-state index in [1.165, 1.54) is 6.07 Å². The van der Waals surface area contributed by atoms with Crippen LogP contribution >= 0.6 is 43.6 Å². The fraction of sp³-hybridized carbons (Fsp3) is 0.250. The molecule has 17 heavy (non-hydrogen) atoms. The second-order valence-electron chi connectivity index (χ2n) is 2.61. The van der Waals surface area contributed by atoms with Crippen molar-refractivity contribution < 1.29 is 26.7 Å². The zero-order valence-electron chi connectivity index (χ0n) is 7.69. The van der Waals surface area contributed by atoms with Crippen LogP contribution in [0.25, 0.3) is 0 Å². The maximum absolute atomic E-state index is 12.2. The normalized spacial score (nSPS) is 12.0. The van der Waals surface area contributed by atoms with Gasteiger partial charge in [0.2, 0.25) is 0 Å². The third-order valence-electron chi connectivity index (χ3n) is 1.45. The highest BCUT2D eigenvalue weighted by atomic mass is 79.9. The van der Waals surface area contributed by atoms with E-state index in [4.69, 9.17) is 0 Å². The molecule has 0 heterocycles. The molecule has 1 aromatic rings. The number of alkyl halides is 5. The molecule has 0 fully saturated rings. The first-order valence-corrected chi connectivity index (χ1v) is 6.29. The fourth-order valence-corrected chi connectivity index (χ4v) is 2.85. The largest absolute Gasteiger partial charge is 0.446 e. The monoisotopic (exact) mass is 400 g/mol. The maximum atomic E-state index is 12.2. The zero-order valence-corrected chi connectivity index (χ0v) is 11.7. The smallest absolute Gasteiger partial charge is 0.432 e. The quantitative estimate of drug-likeness (QED) is 0.493. The van der Waals surface area contributed by atoms with E-state index in [2.05, 4.69) is 36.6 Å². The Morgan fingerprint density at radius 2 is 1.76 bits per heavy atom. The highest BCUT2D eigenvalue weighted by Crippen LogP contribution is 2.46. The van der Waals surface area contributed by atoms with Crippen molar-refractivity contribution in [1.29, 1.82) is 0 Å². The summed E-state index contributed by atoms with van der Waals surface area (Å²) in [6, 6.07) is 2.35. The summed E-state index contributed by atoms with van der Waals surface area (Å²) in [5.74, 6) is -0.366. The lowest BCUT2D eigenvalue weighted by atomic mass is 10.3. The molecule has 0 N–H and O–H groups in total. The molecule has 0 amide bonds. The molecule has 1 aromatic carbocycles. The number of halogens is 7. The Bertz CT molecular complexity index is 410. The summed E-state index contributed by atoms with van der Waals surface area (Å²) in [7, 11) is 0. The summed E-state index contributed by atoms with van der Waals surface area (Å²) >= 11 is 5.30. The molecule has 0 aliphatic rings. The molecule has 1 nitrogen and oxygen atoms in total. The van der Waals surface area contributed by atoms with E-state index in [9.17, 15) is 22.0 Å². The third-order valence-corrected chi connectivity index (χ3v) is 3.91. The van der Waals surface area contributed by atoms with Gasteiger partial charge in [0.05, 0.1) is 8.95 Å². The molecule has 0 spiro atoms. The number of rotatable bonds is 3. The number of thioether (sulfide) groups is 1. The van der Waals surface area contributed by atoms with Crippen LogP contribution in [0.4, 0.5) is 22.0 Å². The van der Waals surface area contributed by atoms with Gasteiger partial charge in [-0.1, -0.05) is 0 Å². The molecular formula is C8H3Br2F5OS. The van der Waals surface area contributed by atoms with Crippen LogP contribution in [0.1, 0.15) is 0 Å². The summed E-state index contributed by atoms with van der Waals surface area (Å²) in [5.41, 5.74) is -4.50. The van der Waals surface area contributed by atoms with Gasteiger partial charge in [0.15, 0.2) is 5.75 Å². The predicted molar refractivity (Wildman–Crippen MR) is 60.4 cm³/mol. The fourth-order valence-electron chi connectivity index (χ4n) is 0.915. The van der Waals surface area contributed by atoms with Crippen molar-refractivity contribution in [1.82, 2.24) is 0 Å². The van der Waals surface area contributed by atoms with Crippen LogP contribution in [0.2, 0.25) is 0 Å². The Balaban J connectivity index is 3.10. The van der Waals surface area contributed by atoms with Crippen LogP contribution in [0.15, 0.2) is 26.0 Å². The average Bonchev–Trinajstić information content (AvgIpc) is 2.15. The van der Waals surface area contributed by atoms with Crippen LogP contribution in [0.3, 0.4) is 0 Å². The second-order valence-corrected chi connectivity index (χ2v) is 5.37. The van der Waals surface area contributed by atoms with Gasteiger partial charge in [-0.05, 0) is 55.8 Å². The van der Waals surface area contributed by atoms with Crippen molar-refractivity contribution in [2.45, 2.75) is 17.0 Å². The Morgan fingerprint density at radius 3 is 2.24 bits per heavy atom. The van der Waals surface area contributed by atoms with Gasteiger partial charge in [0.25, 0.3) is 0 Å². The van der Waals surface area contributed by atoms with Crippen LogP contribution in [0.5, 0.6) is 5.75 Å². The Kier molecular flexibility index (Phi) is 5.08. The Hall–Kier alpha value is -0.0200. The number of ether oxygens (including phenoxy) is 1. The predicted octanol–water partition coefficient (Wildman–Crippen LogP) is 5.42. The van der Waals surface area contributed by atoms with E-state index in [0.717, 1.165) is 6.07 Å². The second kappa shape index (κ2) is 5.75. The standard InChI is InChI=1S/C8H3Br2F5OS/c9-3-1-2-4(17-8(13,14)15)5(10)6(3)16-7(11)12/h1-2,7H. The van der Waals surface area contributed by atoms with Gasteiger partial charge in [-0.15, -0.1) is 0 Å². The van der Waals surface area contributed by atoms with Crippen molar-refractivity contribution in [3.8, 4) is 5.75 Å². The maximum Gasteiger partial charge on any atom is 0.446 e. The summed E-state index contributed by atoms with van der Waals surface area (Å²) < 4.78 is 64.7. The van der Waals surface area contributed by atoms with Gasteiger partial charge >= 0.3 is 12.1 Å². The lowest BCUT2D eigenvalue weighted by molar-refractivity contribution is -0.0510. The number of hydrogen-bond acceptors (Lipinski definition) is 2. The molecule has 0 radical (unpaired) electrons. The first kappa shape index (κ1) is 15.0. The van der Waals surface area contributed by atoms with Crippen molar-refractivity contribution in [3.05, 3.63) is 21.1 Å². The van der Waals surface area contributed by atoms with E-state index in [-0.39, 0.29) is 19.6 Å². The highest BCUT2D eigenvalue weighted by molar-refractivity contribution is 9.11. The summed E-state index contributed by atoms with van der Waals surface area (Å²) in [4.78, 5) is -0.253. The highest BCUT2D eigenvalue weighted by Gasteiger charge is 2.31. The first-order chi connectivity index (χ1) is 7.70. The molecule has 0 atom stereocenters. The van der Waals surface area contributed by atoms with E-state index in [0.29, 0.717) is 0 Å². The van der Waals surface area contributed by atoms with Crippen LogP contribution in [0, 0.1) is 0 Å². The van der Waals surface area contributed by atoms with Crippen molar-refractivity contribution >= 4 is 43.6 Å². The van der Waals surface area contributed by atoms with Gasteiger partial charge in [0, 0.05) is 4.90 Å². The zero-order chi connectivity index (χ0) is 13.2. The first-order valence-electron chi connectivity index (χ1n) is 3.89. The van der Waals surface area contributed by atoms with Gasteiger partial charge in [-0.2, -0.15) is 22.0 Å². The van der Waals surface area contributed by atoms with Gasteiger partial charge in [0.1, 0.15) is 0 Å². The average molecular weight is 402 g/mol. The Labute approximate surface area is 114 Å². The molecule has 0 saturated heterocycles. The molecule has 0 aliphatic heterocycles. The minimum atomic E-state index is -4.50. The van der Waals surface area contributed by atoms with Crippen LogP contribution < -0.4 is 4.74 Å². The lowest BCUT2D eigenvalue weighted by Crippen LogP contribution is -2.05. The molecule has 0 aliphatic carbocycles. The third kappa shape index (κ3) is 4.63. The van der Waals surface area contributed by atoms with Crippen molar-refractivity contribution in [2.24, 2.45) is 0 Å². The van der Waals surface area contributed by atoms with Gasteiger partial charge in [-0.25, -0.2) is 0 Å². The van der Waals surface area contributed by atoms with Crippen LogP contribution in [-0.2, 0) is 0 Å². The molecule has 9 heteroatoms. The molecule has 0 bridgehead atoms. The summed E-state index contributed by atoms with van der Waals surface area (Å²) in [6.45, 7) is -3.12. The molecule has 0 aromatic heterocycles. The molecule has 1 rings (SSSR count). The van der Waals surface area contributed by atoms with E-state index < -0.39 is 23.9 Å². The number of benzene rings is 1. The minimum Gasteiger partial charge on any atom is -0.432 e. The van der Waals surface area contributed by atoms with Gasteiger partial charge < -0.3 is 4.74 Å².